The van der Waals surface area contributed by atoms with Crippen LogP contribution < -0.4 is 5.73 Å². The predicted molar refractivity (Wildman–Crippen MR) is 73.9 cm³/mol. The number of nitrogens with one attached hydrogen (secondary N) is 1. The van der Waals surface area contributed by atoms with Gasteiger partial charge >= 0.3 is 0 Å². The van der Waals surface area contributed by atoms with Crippen molar-refractivity contribution in [1.29, 1.82) is 0 Å². The highest BCUT2D eigenvalue weighted by Crippen LogP contribution is 2.33. The van der Waals surface area contributed by atoms with Crippen molar-refractivity contribution in [3.8, 4) is 22.4 Å². The number of hydrogen-bond donors (Lipinski definition) is 2. The summed E-state index contributed by atoms with van der Waals surface area (Å²) >= 11 is 0. The predicted octanol–water partition coefficient (Wildman–Crippen LogP) is 3.33. The van der Waals surface area contributed by atoms with Gasteiger partial charge in [0.15, 0.2) is 0 Å². The fourth-order valence-electron chi connectivity index (χ4n) is 2.08. The summed E-state index contributed by atoms with van der Waals surface area (Å²) in [5.74, 6) is 0. The number of aromatic amines is 1. The Morgan fingerprint density at radius 3 is 2.17 bits per heavy atom. The first-order chi connectivity index (χ1) is 8.86. The molecule has 0 bridgehead atoms. The third-order valence-electron chi connectivity index (χ3n) is 2.95. The minimum Gasteiger partial charge on any atom is -0.396 e. The Bertz CT molecular complexity index is 656. The van der Waals surface area contributed by atoms with E-state index in [1.807, 2.05) is 36.4 Å². The van der Waals surface area contributed by atoms with Crippen molar-refractivity contribution < 1.29 is 0 Å². The van der Waals surface area contributed by atoms with Crippen LogP contribution in [0.4, 0.5) is 5.69 Å². The SMILES string of the molecule is Nc1cn[nH]c1-c1ccccc1-c1ccccc1. The van der Waals surface area contributed by atoms with E-state index in [-0.39, 0.29) is 0 Å². The third kappa shape index (κ3) is 1.76. The molecule has 3 rings (SSSR count). The van der Waals surface area contributed by atoms with Gasteiger partial charge in [-0.05, 0) is 11.1 Å². The third-order valence-corrected chi connectivity index (χ3v) is 2.95. The molecule has 0 atom stereocenters. The van der Waals surface area contributed by atoms with E-state index in [1.54, 1.807) is 6.20 Å². The second-order valence-electron chi connectivity index (χ2n) is 4.11. The molecule has 3 heteroatoms. The number of nitrogens with two attached hydrogens (primary N) is 1. The van der Waals surface area contributed by atoms with E-state index < -0.39 is 0 Å². The van der Waals surface area contributed by atoms with Crippen LogP contribution in [0.15, 0.2) is 60.8 Å². The van der Waals surface area contributed by atoms with Crippen LogP contribution in [0.3, 0.4) is 0 Å². The second kappa shape index (κ2) is 4.37. The molecule has 0 aliphatic rings. The molecule has 0 amide bonds. The van der Waals surface area contributed by atoms with Crippen LogP contribution in [0.5, 0.6) is 0 Å². The Balaban J connectivity index is 2.21. The number of H-pyrrole nitrogens is 1. The molecule has 1 aromatic heterocycles. The van der Waals surface area contributed by atoms with Crippen molar-refractivity contribution in [2.75, 3.05) is 5.73 Å². The van der Waals surface area contributed by atoms with Gasteiger partial charge in [-0.1, -0.05) is 54.6 Å². The molecule has 0 unspecified atom stereocenters. The van der Waals surface area contributed by atoms with Crippen LogP contribution in [0.25, 0.3) is 22.4 Å². The monoisotopic (exact) mass is 235 g/mol. The van der Waals surface area contributed by atoms with Crippen LogP contribution in [0.2, 0.25) is 0 Å². The molecule has 88 valence electrons. The molecule has 0 radical (unpaired) electrons. The van der Waals surface area contributed by atoms with Crippen LogP contribution in [-0.4, -0.2) is 10.2 Å². The van der Waals surface area contributed by atoms with Crippen LogP contribution in [0, 0.1) is 0 Å². The van der Waals surface area contributed by atoms with Crippen molar-refractivity contribution in [1.82, 2.24) is 10.2 Å². The maximum atomic E-state index is 5.93. The highest BCUT2D eigenvalue weighted by Gasteiger charge is 2.10. The average molecular weight is 235 g/mol. The number of rotatable bonds is 2. The van der Waals surface area contributed by atoms with Crippen LogP contribution >= 0.6 is 0 Å². The molecule has 3 aromatic rings. The largest absolute Gasteiger partial charge is 0.396 e. The molecule has 3 nitrogen and oxygen atoms in total. The van der Waals surface area contributed by atoms with Crippen LogP contribution in [0.1, 0.15) is 0 Å². The lowest BCUT2D eigenvalue weighted by atomic mass is 9.97. The lowest BCUT2D eigenvalue weighted by Gasteiger charge is -2.08. The highest BCUT2D eigenvalue weighted by atomic mass is 15.1. The van der Waals surface area contributed by atoms with Crippen molar-refractivity contribution in [3.05, 3.63) is 60.8 Å². The van der Waals surface area contributed by atoms with Crippen molar-refractivity contribution >= 4 is 5.69 Å². The minimum absolute atomic E-state index is 0.665. The Morgan fingerprint density at radius 2 is 1.50 bits per heavy atom. The Kier molecular flexibility index (Phi) is 2.57. The summed E-state index contributed by atoms with van der Waals surface area (Å²) < 4.78 is 0. The summed E-state index contributed by atoms with van der Waals surface area (Å²) in [5, 5.41) is 6.94. The van der Waals surface area contributed by atoms with Gasteiger partial charge in [0.2, 0.25) is 0 Å². The van der Waals surface area contributed by atoms with Gasteiger partial charge in [-0.2, -0.15) is 5.10 Å². The smallest absolute Gasteiger partial charge is 0.0886 e. The standard InChI is InChI=1S/C15H13N3/c16-14-10-17-18-15(14)13-9-5-4-8-12(13)11-6-2-1-3-7-11/h1-10H,16H2,(H,17,18). The van der Waals surface area contributed by atoms with E-state index in [0.717, 1.165) is 16.8 Å². The van der Waals surface area contributed by atoms with E-state index in [2.05, 4.69) is 28.4 Å². The first kappa shape index (κ1) is 10.6. The summed E-state index contributed by atoms with van der Waals surface area (Å²) in [7, 11) is 0. The van der Waals surface area contributed by atoms with E-state index in [9.17, 15) is 0 Å². The Hall–Kier alpha value is -2.55. The van der Waals surface area contributed by atoms with Gasteiger partial charge in [0, 0.05) is 5.56 Å². The molecule has 1 heterocycles. The first-order valence-corrected chi connectivity index (χ1v) is 5.80. The summed E-state index contributed by atoms with van der Waals surface area (Å²) in [5.41, 5.74) is 10.8. The van der Waals surface area contributed by atoms with E-state index in [0.29, 0.717) is 5.69 Å². The Morgan fingerprint density at radius 1 is 0.833 bits per heavy atom. The van der Waals surface area contributed by atoms with Gasteiger partial charge in [0.25, 0.3) is 0 Å². The van der Waals surface area contributed by atoms with Gasteiger partial charge < -0.3 is 5.73 Å². The molecular formula is C15H13N3. The lowest BCUT2D eigenvalue weighted by molar-refractivity contribution is 1.10. The average Bonchev–Trinajstić information content (AvgIpc) is 2.86. The first-order valence-electron chi connectivity index (χ1n) is 5.80. The van der Waals surface area contributed by atoms with E-state index >= 15 is 0 Å². The number of nitrogen functional groups attached to an aromatic ring is 1. The second-order valence-corrected chi connectivity index (χ2v) is 4.11. The van der Waals surface area contributed by atoms with Crippen molar-refractivity contribution in [2.45, 2.75) is 0 Å². The molecule has 0 aliphatic heterocycles. The quantitative estimate of drug-likeness (QED) is 0.715. The fourth-order valence-corrected chi connectivity index (χ4v) is 2.08. The normalized spacial score (nSPS) is 10.4. The van der Waals surface area contributed by atoms with E-state index in [4.69, 9.17) is 5.73 Å². The minimum atomic E-state index is 0.665. The maximum absolute atomic E-state index is 5.93. The lowest BCUT2D eigenvalue weighted by Crippen LogP contribution is -1.89. The van der Waals surface area contributed by atoms with Gasteiger partial charge in [-0.15, -0.1) is 0 Å². The zero-order chi connectivity index (χ0) is 12.4. The number of aromatic nitrogens is 2. The van der Waals surface area contributed by atoms with Gasteiger partial charge in [0.1, 0.15) is 0 Å². The summed E-state index contributed by atoms with van der Waals surface area (Å²) in [6, 6.07) is 18.4. The molecule has 0 spiro atoms. The molecule has 0 fully saturated rings. The molecule has 0 saturated heterocycles. The zero-order valence-corrected chi connectivity index (χ0v) is 9.80. The van der Waals surface area contributed by atoms with Crippen LogP contribution in [-0.2, 0) is 0 Å². The molecule has 18 heavy (non-hydrogen) atoms. The number of hydrogen-bond acceptors (Lipinski definition) is 2. The molecular weight excluding hydrogens is 222 g/mol. The fraction of sp³-hybridized carbons (Fsp3) is 0. The van der Waals surface area contributed by atoms with Gasteiger partial charge in [-0.3, -0.25) is 5.10 Å². The zero-order valence-electron chi connectivity index (χ0n) is 9.80. The van der Waals surface area contributed by atoms with Gasteiger partial charge in [-0.25, -0.2) is 0 Å². The summed E-state index contributed by atoms with van der Waals surface area (Å²) in [4.78, 5) is 0. The van der Waals surface area contributed by atoms with Gasteiger partial charge in [0.05, 0.1) is 17.6 Å². The van der Waals surface area contributed by atoms with E-state index in [1.165, 1.54) is 5.56 Å². The molecule has 0 aliphatic carbocycles. The number of benzene rings is 2. The number of nitrogens with zero attached hydrogens (tertiary/aromatic N) is 1. The molecule has 2 aromatic carbocycles. The molecule has 0 saturated carbocycles. The maximum Gasteiger partial charge on any atom is 0.0886 e. The Labute approximate surface area is 105 Å². The highest BCUT2D eigenvalue weighted by molar-refractivity contribution is 5.86. The number of anilines is 1. The summed E-state index contributed by atoms with van der Waals surface area (Å²) in [6.45, 7) is 0. The van der Waals surface area contributed by atoms with Crippen molar-refractivity contribution in [3.63, 3.8) is 0 Å². The molecule has 3 N–H and O–H groups in total. The van der Waals surface area contributed by atoms with Crippen molar-refractivity contribution in [2.24, 2.45) is 0 Å². The topological polar surface area (TPSA) is 54.7 Å². The summed E-state index contributed by atoms with van der Waals surface area (Å²) in [6.07, 6.45) is 1.64.